The minimum atomic E-state index is -0.403. The molecule has 2 aromatic rings. The van der Waals surface area contributed by atoms with Crippen molar-refractivity contribution in [2.75, 3.05) is 12.3 Å². The zero-order valence-corrected chi connectivity index (χ0v) is 14.9. The van der Waals surface area contributed by atoms with Crippen LogP contribution in [0.5, 0.6) is 0 Å². The number of H-pyrrole nitrogens is 1. The molecule has 0 bridgehead atoms. The minimum absolute atomic E-state index is 0.0433. The van der Waals surface area contributed by atoms with Gasteiger partial charge in [-0.3, -0.25) is 9.59 Å². The van der Waals surface area contributed by atoms with Crippen LogP contribution < -0.4 is 10.9 Å². The van der Waals surface area contributed by atoms with Crippen LogP contribution in [0.2, 0.25) is 0 Å². The largest absolute Gasteiger partial charge is 0.352 e. The van der Waals surface area contributed by atoms with Crippen molar-refractivity contribution in [3.8, 4) is 0 Å². The number of nitrogens with one attached hydrogen (secondary N) is 2. The fourth-order valence-corrected chi connectivity index (χ4v) is 3.55. The lowest BCUT2D eigenvalue weighted by Gasteiger charge is -2.06. The van der Waals surface area contributed by atoms with Gasteiger partial charge in [0.15, 0.2) is 4.34 Å². The molecule has 0 atom stereocenters. The first-order chi connectivity index (χ1) is 11.0. The Balaban J connectivity index is 1.77. The lowest BCUT2D eigenvalue weighted by atomic mass is 10.2. The molecule has 124 valence electrons. The molecular weight excluding hydrogens is 334 g/mol. The molecule has 0 aromatic carbocycles. The third-order valence-electron chi connectivity index (χ3n) is 2.95. The van der Waals surface area contributed by atoms with Crippen LogP contribution in [0, 0.1) is 6.92 Å². The lowest BCUT2D eigenvalue weighted by Crippen LogP contribution is -2.31. The van der Waals surface area contributed by atoms with Crippen molar-refractivity contribution in [1.82, 2.24) is 25.5 Å². The van der Waals surface area contributed by atoms with Crippen LogP contribution in [0.3, 0.4) is 0 Å². The molecule has 0 fully saturated rings. The van der Waals surface area contributed by atoms with Gasteiger partial charge in [0.2, 0.25) is 0 Å². The summed E-state index contributed by atoms with van der Waals surface area (Å²) in [5.41, 5.74) is -0.360. The summed E-state index contributed by atoms with van der Waals surface area (Å²) in [6.07, 6.45) is 2.12. The van der Waals surface area contributed by atoms with E-state index in [2.05, 4.69) is 25.5 Å². The van der Waals surface area contributed by atoms with E-state index in [1.807, 2.05) is 20.8 Å². The van der Waals surface area contributed by atoms with Crippen LogP contribution in [-0.4, -0.2) is 38.4 Å². The van der Waals surface area contributed by atoms with Crippen molar-refractivity contribution in [3.05, 3.63) is 32.9 Å². The van der Waals surface area contributed by atoms with Crippen molar-refractivity contribution in [1.29, 1.82) is 0 Å². The summed E-state index contributed by atoms with van der Waals surface area (Å²) < 4.78 is 0.929. The molecule has 0 aliphatic heterocycles. The highest BCUT2D eigenvalue weighted by molar-refractivity contribution is 8.01. The third-order valence-corrected chi connectivity index (χ3v) is 5.01. The molecule has 1 amide bonds. The van der Waals surface area contributed by atoms with Crippen LogP contribution in [0.25, 0.3) is 0 Å². The predicted molar refractivity (Wildman–Crippen MR) is 91.3 cm³/mol. The van der Waals surface area contributed by atoms with Crippen LogP contribution >= 0.6 is 23.1 Å². The zero-order chi connectivity index (χ0) is 16.8. The van der Waals surface area contributed by atoms with Crippen molar-refractivity contribution >= 4 is 29.0 Å². The molecule has 7 nitrogen and oxygen atoms in total. The van der Waals surface area contributed by atoms with Crippen LogP contribution in [-0.2, 0) is 0 Å². The van der Waals surface area contributed by atoms with Crippen molar-refractivity contribution in [2.45, 2.75) is 37.4 Å². The Kier molecular flexibility index (Phi) is 6.28. The van der Waals surface area contributed by atoms with Gasteiger partial charge in [0.1, 0.15) is 16.4 Å². The van der Waals surface area contributed by atoms with Crippen LogP contribution in [0.15, 0.2) is 15.3 Å². The highest BCUT2D eigenvalue weighted by atomic mass is 32.2. The Bertz CT molecular complexity index is 726. The Labute approximate surface area is 142 Å². The number of carbonyl (C=O) groups is 1. The van der Waals surface area contributed by atoms with Gasteiger partial charge < -0.3 is 10.3 Å². The summed E-state index contributed by atoms with van der Waals surface area (Å²) in [6, 6.07) is 0. The monoisotopic (exact) mass is 353 g/mol. The molecule has 0 spiro atoms. The summed E-state index contributed by atoms with van der Waals surface area (Å²) >= 11 is 3.16. The smallest absolute Gasteiger partial charge is 0.263 e. The van der Waals surface area contributed by atoms with Crippen LogP contribution in [0.4, 0.5) is 0 Å². The molecule has 0 saturated heterocycles. The Morgan fingerprint density at radius 2 is 2.22 bits per heavy atom. The molecule has 2 heterocycles. The number of thioether (sulfide) groups is 1. The average Bonchev–Trinajstić information content (AvgIpc) is 2.92. The normalized spacial score (nSPS) is 11.0. The first kappa shape index (κ1) is 17.6. The van der Waals surface area contributed by atoms with E-state index in [-0.39, 0.29) is 11.5 Å². The molecule has 0 aliphatic rings. The maximum Gasteiger partial charge on any atom is 0.263 e. The third kappa shape index (κ3) is 5.14. The molecule has 0 unspecified atom stereocenters. The number of aromatic amines is 1. The fourth-order valence-electron chi connectivity index (χ4n) is 1.73. The molecule has 2 rings (SSSR count). The number of hydrogen-bond acceptors (Lipinski definition) is 7. The second-order valence-electron chi connectivity index (χ2n) is 5.21. The van der Waals surface area contributed by atoms with Gasteiger partial charge in [0, 0.05) is 24.4 Å². The maximum absolute atomic E-state index is 12.0. The summed E-state index contributed by atoms with van der Waals surface area (Å²) in [4.78, 5) is 30.6. The van der Waals surface area contributed by atoms with E-state index in [1.54, 1.807) is 23.1 Å². The Morgan fingerprint density at radius 1 is 1.43 bits per heavy atom. The summed E-state index contributed by atoms with van der Waals surface area (Å²) in [5, 5.41) is 11.6. The number of aromatic nitrogens is 4. The Hall–Kier alpha value is -1.74. The highest BCUT2D eigenvalue weighted by Gasteiger charge is 2.12. The van der Waals surface area contributed by atoms with Gasteiger partial charge in [0.05, 0.1) is 0 Å². The number of rotatable bonds is 7. The van der Waals surface area contributed by atoms with E-state index in [1.165, 1.54) is 6.20 Å². The van der Waals surface area contributed by atoms with Crippen molar-refractivity contribution < 1.29 is 4.79 Å². The summed E-state index contributed by atoms with van der Waals surface area (Å²) in [6.45, 7) is 6.26. The average molecular weight is 353 g/mol. The second kappa shape index (κ2) is 8.21. The molecule has 0 saturated carbocycles. The summed E-state index contributed by atoms with van der Waals surface area (Å²) in [5.74, 6) is 1.12. The van der Waals surface area contributed by atoms with Gasteiger partial charge in [-0.2, -0.15) is 0 Å². The minimum Gasteiger partial charge on any atom is -0.352 e. The van der Waals surface area contributed by atoms with Crippen LogP contribution in [0.1, 0.15) is 47.4 Å². The van der Waals surface area contributed by atoms with Gasteiger partial charge in [-0.1, -0.05) is 36.9 Å². The molecule has 2 aromatic heterocycles. The topological polar surface area (TPSA) is 101 Å². The molecule has 23 heavy (non-hydrogen) atoms. The SMILES string of the molecule is Cc1nnc(SCCCNC(=O)c2cnc(C(C)C)[nH]c2=O)s1. The van der Waals surface area contributed by atoms with Gasteiger partial charge in [0.25, 0.3) is 11.5 Å². The number of hydrogen-bond donors (Lipinski definition) is 2. The molecule has 2 N–H and O–H groups in total. The summed E-state index contributed by atoms with van der Waals surface area (Å²) in [7, 11) is 0. The first-order valence-electron chi connectivity index (χ1n) is 7.27. The van der Waals surface area contributed by atoms with Gasteiger partial charge in [-0.25, -0.2) is 4.98 Å². The van der Waals surface area contributed by atoms with Gasteiger partial charge in [-0.15, -0.1) is 10.2 Å². The molecule has 9 heteroatoms. The number of aryl methyl sites for hydroxylation is 1. The second-order valence-corrected chi connectivity index (χ2v) is 7.73. The van der Waals surface area contributed by atoms with E-state index < -0.39 is 11.5 Å². The van der Waals surface area contributed by atoms with E-state index in [9.17, 15) is 9.59 Å². The predicted octanol–water partition coefficient (Wildman–Crippen LogP) is 1.97. The molecule has 0 aliphatic carbocycles. The fraction of sp³-hybridized carbons (Fsp3) is 0.500. The van der Waals surface area contributed by atoms with Gasteiger partial charge in [-0.05, 0) is 13.3 Å². The molecule has 0 radical (unpaired) electrons. The number of nitrogens with zero attached hydrogens (tertiary/aromatic N) is 3. The lowest BCUT2D eigenvalue weighted by molar-refractivity contribution is 0.0951. The highest BCUT2D eigenvalue weighted by Crippen LogP contribution is 2.21. The van der Waals surface area contributed by atoms with Crippen molar-refractivity contribution in [2.24, 2.45) is 0 Å². The van der Waals surface area contributed by atoms with Crippen molar-refractivity contribution in [3.63, 3.8) is 0 Å². The number of amides is 1. The number of carbonyl (C=O) groups excluding carboxylic acids is 1. The Morgan fingerprint density at radius 3 is 2.83 bits per heavy atom. The van der Waals surface area contributed by atoms with E-state index in [0.717, 1.165) is 21.5 Å². The molecular formula is C14H19N5O2S2. The van der Waals surface area contributed by atoms with Gasteiger partial charge >= 0.3 is 0 Å². The maximum atomic E-state index is 12.0. The quantitative estimate of drug-likeness (QED) is 0.583. The zero-order valence-electron chi connectivity index (χ0n) is 13.3. The first-order valence-corrected chi connectivity index (χ1v) is 9.08. The standard InChI is InChI=1S/C14H19N5O2S2/c1-8(2)11-16-7-10(13(21)17-11)12(20)15-5-4-6-22-14-19-18-9(3)23-14/h7-8H,4-6H2,1-3H3,(H,15,20)(H,16,17,21). The van der Waals surface area contributed by atoms with E-state index >= 15 is 0 Å². The van der Waals surface area contributed by atoms with E-state index in [0.29, 0.717) is 12.4 Å². The van der Waals surface area contributed by atoms with E-state index in [4.69, 9.17) is 0 Å².